The van der Waals surface area contributed by atoms with Gasteiger partial charge in [-0.3, -0.25) is 4.79 Å². The standard InChI is InChI=1S/C22H24N2O3/c1-23-18-8-4-3-7-16(18)15-19(23)22(25)24-13-11-17(12-14-24)27-21-10-6-5-9-20(21)26-2/h3-10,15,17H,11-14H2,1-2H3. The number of aromatic nitrogens is 1. The summed E-state index contributed by atoms with van der Waals surface area (Å²) in [6, 6.07) is 17.7. The van der Waals surface area contributed by atoms with E-state index in [0.29, 0.717) is 13.1 Å². The van der Waals surface area contributed by atoms with Crippen LogP contribution in [0.1, 0.15) is 23.3 Å². The van der Waals surface area contributed by atoms with Gasteiger partial charge in [-0.15, -0.1) is 0 Å². The van der Waals surface area contributed by atoms with Gasteiger partial charge in [0, 0.05) is 43.9 Å². The van der Waals surface area contributed by atoms with E-state index in [1.807, 2.05) is 71.1 Å². The summed E-state index contributed by atoms with van der Waals surface area (Å²) >= 11 is 0. The highest BCUT2D eigenvalue weighted by molar-refractivity contribution is 5.98. The van der Waals surface area contributed by atoms with Crippen LogP contribution in [0.25, 0.3) is 10.9 Å². The molecule has 1 aliphatic rings. The topological polar surface area (TPSA) is 43.7 Å². The highest BCUT2D eigenvalue weighted by atomic mass is 16.5. The Morgan fingerprint density at radius 3 is 2.37 bits per heavy atom. The second kappa shape index (κ2) is 7.35. The third-order valence-electron chi connectivity index (χ3n) is 5.26. The monoisotopic (exact) mass is 364 g/mol. The highest BCUT2D eigenvalue weighted by Gasteiger charge is 2.27. The SMILES string of the molecule is COc1ccccc1OC1CCN(C(=O)c2cc3ccccc3n2C)CC1. The normalized spacial score (nSPS) is 15.1. The summed E-state index contributed by atoms with van der Waals surface area (Å²) in [4.78, 5) is 14.9. The molecule has 0 aliphatic carbocycles. The first-order chi connectivity index (χ1) is 13.2. The van der Waals surface area contributed by atoms with E-state index in [9.17, 15) is 4.79 Å². The lowest BCUT2D eigenvalue weighted by Gasteiger charge is -2.32. The average molecular weight is 364 g/mol. The van der Waals surface area contributed by atoms with Crippen molar-refractivity contribution in [3.8, 4) is 11.5 Å². The molecule has 1 fully saturated rings. The molecule has 1 aliphatic heterocycles. The largest absolute Gasteiger partial charge is 0.493 e. The minimum Gasteiger partial charge on any atom is -0.493 e. The molecule has 0 bridgehead atoms. The van der Waals surface area contributed by atoms with Crippen LogP contribution in [0, 0.1) is 0 Å². The molecule has 0 N–H and O–H groups in total. The van der Waals surface area contributed by atoms with Gasteiger partial charge in [0.1, 0.15) is 11.8 Å². The summed E-state index contributed by atoms with van der Waals surface area (Å²) in [6.07, 6.45) is 1.72. The van der Waals surface area contributed by atoms with Crippen LogP contribution in [0.2, 0.25) is 0 Å². The van der Waals surface area contributed by atoms with Crippen LogP contribution in [0.5, 0.6) is 11.5 Å². The molecule has 2 heterocycles. The molecule has 0 atom stereocenters. The first kappa shape index (κ1) is 17.5. The van der Waals surface area contributed by atoms with E-state index < -0.39 is 0 Å². The van der Waals surface area contributed by atoms with Gasteiger partial charge in [0.25, 0.3) is 5.91 Å². The van der Waals surface area contributed by atoms with Crippen LogP contribution in [0.3, 0.4) is 0 Å². The fourth-order valence-corrected chi connectivity index (χ4v) is 3.73. The molecule has 140 valence electrons. The van der Waals surface area contributed by atoms with Crippen molar-refractivity contribution in [3.63, 3.8) is 0 Å². The van der Waals surface area contributed by atoms with Gasteiger partial charge in [-0.05, 0) is 24.3 Å². The number of aryl methyl sites for hydroxylation is 1. The number of methoxy groups -OCH3 is 1. The van der Waals surface area contributed by atoms with Gasteiger partial charge in [0.05, 0.1) is 7.11 Å². The molecule has 0 radical (unpaired) electrons. The lowest BCUT2D eigenvalue weighted by molar-refractivity contribution is 0.0582. The minimum absolute atomic E-state index is 0.0874. The summed E-state index contributed by atoms with van der Waals surface area (Å²) in [5, 5.41) is 1.10. The van der Waals surface area contributed by atoms with Crippen LogP contribution in [-0.2, 0) is 7.05 Å². The molecule has 0 unspecified atom stereocenters. The molecule has 5 heteroatoms. The van der Waals surface area contributed by atoms with E-state index in [4.69, 9.17) is 9.47 Å². The molecule has 2 aromatic carbocycles. The fraction of sp³-hybridized carbons (Fsp3) is 0.318. The number of carbonyl (C=O) groups excluding carboxylic acids is 1. The van der Waals surface area contributed by atoms with Crippen molar-refractivity contribution in [2.45, 2.75) is 18.9 Å². The van der Waals surface area contributed by atoms with E-state index >= 15 is 0 Å². The number of piperidine rings is 1. The van der Waals surface area contributed by atoms with Crippen molar-refractivity contribution in [1.29, 1.82) is 0 Å². The minimum atomic E-state index is 0.0874. The van der Waals surface area contributed by atoms with Gasteiger partial charge < -0.3 is 18.9 Å². The Kier molecular flexibility index (Phi) is 4.75. The molecule has 0 saturated carbocycles. The summed E-state index contributed by atoms with van der Waals surface area (Å²) in [5.41, 5.74) is 1.82. The van der Waals surface area contributed by atoms with Crippen LogP contribution >= 0.6 is 0 Å². The molecular formula is C22H24N2O3. The van der Waals surface area contributed by atoms with Gasteiger partial charge in [-0.2, -0.15) is 0 Å². The Morgan fingerprint density at radius 1 is 1.00 bits per heavy atom. The predicted octanol–water partition coefficient (Wildman–Crippen LogP) is 3.87. The Morgan fingerprint density at radius 2 is 1.67 bits per heavy atom. The number of nitrogens with zero attached hydrogens (tertiary/aromatic N) is 2. The molecule has 1 saturated heterocycles. The molecule has 5 nitrogen and oxygen atoms in total. The summed E-state index contributed by atoms with van der Waals surface area (Å²) < 4.78 is 13.4. The lowest BCUT2D eigenvalue weighted by Crippen LogP contribution is -2.42. The van der Waals surface area contributed by atoms with Crippen molar-refractivity contribution in [2.24, 2.45) is 7.05 Å². The number of ether oxygens (including phenoxy) is 2. The maximum Gasteiger partial charge on any atom is 0.270 e. The molecule has 3 aromatic rings. The molecule has 0 spiro atoms. The second-order valence-electron chi connectivity index (χ2n) is 6.91. The van der Waals surface area contributed by atoms with Gasteiger partial charge >= 0.3 is 0 Å². The van der Waals surface area contributed by atoms with Crippen LogP contribution < -0.4 is 9.47 Å². The predicted molar refractivity (Wildman–Crippen MR) is 105 cm³/mol. The maximum absolute atomic E-state index is 13.0. The Labute approximate surface area is 159 Å². The average Bonchev–Trinajstić information content (AvgIpc) is 3.05. The van der Waals surface area contributed by atoms with E-state index in [-0.39, 0.29) is 12.0 Å². The number of likely N-dealkylation sites (tertiary alicyclic amines) is 1. The van der Waals surface area contributed by atoms with Crippen molar-refractivity contribution in [3.05, 3.63) is 60.3 Å². The van der Waals surface area contributed by atoms with Crippen molar-refractivity contribution in [2.75, 3.05) is 20.2 Å². The Balaban J connectivity index is 1.42. The number of benzene rings is 2. The first-order valence-corrected chi connectivity index (χ1v) is 9.31. The zero-order valence-electron chi connectivity index (χ0n) is 15.7. The number of carbonyl (C=O) groups is 1. The maximum atomic E-state index is 13.0. The molecule has 1 aromatic heterocycles. The third-order valence-corrected chi connectivity index (χ3v) is 5.26. The number of para-hydroxylation sites is 3. The van der Waals surface area contributed by atoms with Crippen LogP contribution in [0.15, 0.2) is 54.6 Å². The zero-order chi connectivity index (χ0) is 18.8. The molecule has 4 rings (SSSR count). The summed E-state index contributed by atoms with van der Waals surface area (Å²) in [7, 11) is 3.60. The number of hydrogen-bond acceptors (Lipinski definition) is 3. The van der Waals surface area contributed by atoms with Crippen LogP contribution in [0.4, 0.5) is 0 Å². The van der Waals surface area contributed by atoms with Crippen LogP contribution in [-0.4, -0.2) is 41.7 Å². The number of amides is 1. The Hall–Kier alpha value is -2.95. The van der Waals surface area contributed by atoms with Crippen molar-refractivity contribution < 1.29 is 14.3 Å². The highest BCUT2D eigenvalue weighted by Crippen LogP contribution is 2.29. The van der Waals surface area contributed by atoms with Gasteiger partial charge in [0.2, 0.25) is 0 Å². The van der Waals surface area contributed by atoms with Gasteiger partial charge in [0.15, 0.2) is 11.5 Å². The zero-order valence-corrected chi connectivity index (χ0v) is 15.7. The van der Waals surface area contributed by atoms with Crippen molar-refractivity contribution >= 4 is 16.8 Å². The molecular weight excluding hydrogens is 340 g/mol. The fourth-order valence-electron chi connectivity index (χ4n) is 3.73. The summed E-state index contributed by atoms with van der Waals surface area (Å²) in [5.74, 6) is 1.59. The second-order valence-corrected chi connectivity index (χ2v) is 6.91. The number of hydrogen-bond donors (Lipinski definition) is 0. The van der Waals surface area contributed by atoms with Gasteiger partial charge in [-0.25, -0.2) is 0 Å². The van der Waals surface area contributed by atoms with E-state index in [0.717, 1.165) is 40.9 Å². The Bertz CT molecular complexity index is 955. The van der Waals surface area contributed by atoms with E-state index in [2.05, 4.69) is 0 Å². The summed E-state index contributed by atoms with van der Waals surface area (Å²) in [6.45, 7) is 1.39. The number of fused-ring (bicyclic) bond motifs is 1. The first-order valence-electron chi connectivity index (χ1n) is 9.31. The quantitative estimate of drug-likeness (QED) is 0.706. The van der Waals surface area contributed by atoms with Gasteiger partial charge in [-0.1, -0.05) is 30.3 Å². The van der Waals surface area contributed by atoms with Crippen molar-refractivity contribution in [1.82, 2.24) is 9.47 Å². The lowest BCUT2D eigenvalue weighted by atomic mass is 10.1. The third kappa shape index (κ3) is 3.37. The molecule has 27 heavy (non-hydrogen) atoms. The van der Waals surface area contributed by atoms with E-state index in [1.54, 1.807) is 7.11 Å². The van der Waals surface area contributed by atoms with E-state index in [1.165, 1.54) is 0 Å². The molecule has 1 amide bonds. The number of rotatable bonds is 4. The smallest absolute Gasteiger partial charge is 0.270 e.